The molecule has 0 aliphatic carbocycles. The van der Waals surface area contributed by atoms with Crippen LogP contribution in [-0.2, 0) is 0 Å². The average Bonchev–Trinajstić information content (AvgIpc) is 2.65. The minimum absolute atomic E-state index is 0.284. The quantitative estimate of drug-likeness (QED) is 0.683. The third-order valence-electron chi connectivity index (χ3n) is 4.74. The molecule has 2 heteroatoms. The van der Waals surface area contributed by atoms with Gasteiger partial charge in [0, 0.05) is 0 Å². The molecule has 0 unspecified atom stereocenters. The SMILES string of the molecule is C[C@@H](O)CC[PH](c1ccccc1)(c1ccccc1)c1ccccc1. The van der Waals surface area contributed by atoms with Crippen LogP contribution in [0.5, 0.6) is 0 Å². The molecule has 0 aliphatic heterocycles. The Hall–Kier alpha value is -1.95. The van der Waals surface area contributed by atoms with Crippen molar-refractivity contribution in [3.63, 3.8) is 0 Å². The molecule has 0 aromatic heterocycles. The number of aliphatic hydroxyl groups excluding tert-OH is 1. The molecule has 24 heavy (non-hydrogen) atoms. The standard InChI is InChI=1S/C22H25OP/c1-19(23)17-18-24(20-11-5-2-6-12-20,21-13-7-3-8-14-21)22-15-9-4-10-16-22/h2-16,19,23-24H,17-18H2,1H3/t19-/m1/s1. The van der Waals surface area contributed by atoms with Crippen LogP contribution in [0.4, 0.5) is 0 Å². The van der Waals surface area contributed by atoms with Crippen molar-refractivity contribution in [3.05, 3.63) is 91.0 Å². The van der Waals surface area contributed by atoms with Gasteiger partial charge < -0.3 is 0 Å². The van der Waals surface area contributed by atoms with Crippen molar-refractivity contribution in [2.75, 3.05) is 6.16 Å². The Balaban J connectivity index is 2.24. The zero-order chi connectivity index (χ0) is 16.8. The van der Waals surface area contributed by atoms with E-state index in [1.807, 2.05) is 6.92 Å². The van der Waals surface area contributed by atoms with Gasteiger partial charge in [-0.05, 0) is 0 Å². The summed E-state index contributed by atoms with van der Waals surface area (Å²) < 4.78 is 0. The van der Waals surface area contributed by atoms with Crippen molar-refractivity contribution in [1.82, 2.24) is 0 Å². The summed E-state index contributed by atoms with van der Waals surface area (Å²) in [4.78, 5) is 0. The number of hydrogen-bond donors (Lipinski definition) is 1. The van der Waals surface area contributed by atoms with Crippen LogP contribution in [-0.4, -0.2) is 17.4 Å². The van der Waals surface area contributed by atoms with Gasteiger partial charge in [-0.1, -0.05) is 0 Å². The van der Waals surface area contributed by atoms with Gasteiger partial charge in [0.2, 0.25) is 0 Å². The third kappa shape index (κ3) is 3.43. The Labute approximate surface area is 145 Å². The summed E-state index contributed by atoms with van der Waals surface area (Å²) in [5, 5.41) is 14.2. The summed E-state index contributed by atoms with van der Waals surface area (Å²) in [5.74, 6) is 0. The van der Waals surface area contributed by atoms with Gasteiger partial charge in [0.25, 0.3) is 0 Å². The van der Waals surface area contributed by atoms with E-state index in [9.17, 15) is 5.11 Å². The topological polar surface area (TPSA) is 20.2 Å². The molecule has 124 valence electrons. The summed E-state index contributed by atoms with van der Waals surface area (Å²) >= 11 is 0. The summed E-state index contributed by atoms with van der Waals surface area (Å²) in [6.07, 6.45) is 1.53. The predicted octanol–water partition coefficient (Wildman–Crippen LogP) is 3.48. The third-order valence-corrected chi connectivity index (χ3v) is 9.73. The van der Waals surface area contributed by atoms with E-state index in [4.69, 9.17) is 0 Å². The Morgan fingerprint density at radius 1 is 0.667 bits per heavy atom. The van der Waals surface area contributed by atoms with E-state index in [1.165, 1.54) is 15.9 Å². The molecule has 0 aliphatic rings. The second kappa shape index (κ2) is 7.75. The first-order valence-electron chi connectivity index (χ1n) is 8.58. The average molecular weight is 336 g/mol. The molecule has 0 bridgehead atoms. The first kappa shape index (κ1) is 16.9. The molecule has 0 fully saturated rings. The molecular weight excluding hydrogens is 311 g/mol. The van der Waals surface area contributed by atoms with Crippen molar-refractivity contribution < 1.29 is 5.11 Å². The van der Waals surface area contributed by atoms with Crippen LogP contribution >= 0.6 is 7.26 Å². The normalized spacial score (nSPS) is 13.4. The predicted molar refractivity (Wildman–Crippen MR) is 108 cm³/mol. The second-order valence-electron chi connectivity index (χ2n) is 6.39. The van der Waals surface area contributed by atoms with Crippen LogP contribution in [0.3, 0.4) is 0 Å². The van der Waals surface area contributed by atoms with Gasteiger partial charge in [-0.25, -0.2) is 0 Å². The van der Waals surface area contributed by atoms with Crippen LogP contribution in [0.2, 0.25) is 0 Å². The molecule has 0 spiro atoms. The van der Waals surface area contributed by atoms with Gasteiger partial charge in [-0.15, -0.1) is 0 Å². The van der Waals surface area contributed by atoms with E-state index in [0.29, 0.717) is 0 Å². The zero-order valence-electron chi connectivity index (χ0n) is 14.1. The Morgan fingerprint density at radius 2 is 1.00 bits per heavy atom. The monoisotopic (exact) mass is 336 g/mol. The van der Waals surface area contributed by atoms with Crippen molar-refractivity contribution in [2.24, 2.45) is 0 Å². The van der Waals surface area contributed by atoms with E-state index < -0.39 is 7.26 Å². The summed E-state index contributed by atoms with van der Waals surface area (Å²) in [5.41, 5.74) is 0. The summed E-state index contributed by atoms with van der Waals surface area (Å²) in [6.45, 7) is 1.89. The molecule has 0 saturated carbocycles. The molecule has 3 aromatic rings. The van der Waals surface area contributed by atoms with Crippen molar-refractivity contribution >= 4 is 23.2 Å². The maximum atomic E-state index is 9.98. The first-order chi connectivity index (χ1) is 11.7. The molecule has 3 aromatic carbocycles. The summed E-state index contributed by atoms with van der Waals surface area (Å²) in [7, 11) is -2.15. The minimum atomic E-state index is -2.15. The van der Waals surface area contributed by atoms with Crippen LogP contribution < -0.4 is 15.9 Å². The van der Waals surface area contributed by atoms with Crippen LogP contribution in [0.25, 0.3) is 0 Å². The number of benzene rings is 3. The van der Waals surface area contributed by atoms with Gasteiger partial charge in [0.1, 0.15) is 0 Å². The Bertz CT molecular complexity index is 642. The summed E-state index contributed by atoms with van der Waals surface area (Å²) in [6, 6.07) is 32.6. The van der Waals surface area contributed by atoms with E-state index in [0.717, 1.165) is 12.6 Å². The molecule has 3 rings (SSSR count). The molecule has 1 atom stereocenters. The van der Waals surface area contributed by atoms with Crippen molar-refractivity contribution in [1.29, 1.82) is 0 Å². The number of aliphatic hydroxyl groups is 1. The van der Waals surface area contributed by atoms with Crippen molar-refractivity contribution in [2.45, 2.75) is 19.4 Å². The van der Waals surface area contributed by atoms with Gasteiger partial charge in [-0.3, -0.25) is 0 Å². The number of hydrogen-bond acceptors (Lipinski definition) is 1. The van der Waals surface area contributed by atoms with Crippen LogP contribution in [0.15, 0.2) is 91.0 Å². The molecule has 1 N–H and O–H groups in total. The number of rotatable bonds is 6. The second-order valence-corrected chi connectivity index (χ2v) is 10.4. The fraction of sp³-hybridized carbons (Fsp3) is 0.182. The zero-order valence-corrected chi connectivity index (χ0v) is 15.1. The fourth-order valence-electron chi connectivity index (χ4n) is 3.53. The molecule has 1 nitrogen and oxygen atoms in total. The van der Waals surface area contributed by atoms with Crippen LogP contribution in [0.1, 0.15) is 13.3 Å². The van der Waals surface area contributed by atoms with Gasteiger partial charge >= 0.3 is 145 Å². The molecular formula is C22H25OP. The fourth-order valence-corrected chi connectivity index (χ4v) is 8.53. The molecule has 0 saturated heterocycles. The molecule has 0 radical (unpaired) electrons. The van der Waals surface area contributed by atoms with Gasteiger partial charge in [-0.2, -0.15) is 0 Å². The van der Waals surface area contributed by atoms with Crippen molar-refractivity contribution in [3.8, 4) is 0 Å². The van der Waals surface area contributed by atoms with E-state index >= 15 is 0 Å². The van der Waals surface area contributed by atoms with E-state index in [-0.39, 0.29) is 6.10 Å². The Morgan fingerprint density at radius 3 is 1.29 bits per heavy atom. The van der Waals surface area contributed by atoms with E-state index in [1.54, 1.807) is 0 Å². The maximum absolute atomic E-state index is 9.98. The van der Waals surface area contributed by atoms with Gasteiger partial charge in [0.15, 0.2) is 0 Å². The van der Waals surface area contributed by atoms with E-state index in [2.05, 4.69) is 91.0 Å². The first-order valence-corrected chi connectivity index (χ1v) is 10.8. The molecule has 0 heterocycles. The molecule has 0 amide bonds. The van der Waals surface area contributed by atoms with Gasteiger partial charge in [0.05, 0.1) is 0 Å². The Kier molecular flexibility index (Phi) is 5.45. The van der Waals surface area contributed by atoms with Crippen LogP contribution in [0, 0.1) is 0 Å².